The highest BCUT2D eigenvalue weighted by atomic mass is 16.1. The second-order valence-electron chi connectivity index (χ2n) is 6.42. The molecule has 0 saturated heterocycles. The molecule has 0 atom stereocenters. The number of carbonyl (C=O) groups excluding carboxylic acids is 1. The van der Waals surface area contributed by atoms with Gasteiger partial charge in [0.15, 0.2) is 5.78 Å². The highest BCUT2D eigenvalue weighted by molar-refractivity contribution is 5.95. The monoisotopic (exact) mass is 292 g/mol. The van der Waals surface area contributed by atoms with Gasteiger partial charge in [0.25, 0.3) is 0 Å². The lowest BCUT2D eigenvalue weighted by molar-refractivity contribution is 0.101. The Morgan fingerprint density at radius 2 is 1.27 bits per heavy atom. The van der Waals surface area contributed by atoms with Crippen LogP contribution >= 0.6 is 0 Å². The van der Waals surface area contributed by atoms with E-state index in [0.29, 0.717) is 0 Å². The molecular formula is C21H24O. The molecule has 2 aromatic carbocycles. The second-order valence-corrected chi connectivity index (χ2v) is 6.42. The third kappa shape index (κ3) is 3.65. The summed E-state index contributed by atoms with van der Waals surface area (Å²) in [5.41, 5.74) is 6.29. The Morgan fingerprint density at radius 1 is 0.727 bits per heavy atom. The van der Waals surface area contributed by atoms with E-state index >= 15 is 0 Å². The Labute approximate surface area is 133 Å². The minimum atomic E-state index is 0.199. The molecule has 0 N–H and O–H groups in total. The fourth-order valence-electron chi connectivity index (χ4n) is 3.34. The van der Waals surface area contributed by atoms with E-state index in [-0.39, 0.29) is 5.78 Å². The maximum atomic E-state index is 11.9. The van der Waals surface area contributed by atoms with Crippen molar-refractivity contribution in [2.45, 2.75) is 51.9 Å². The summed E-state index contributed by atoms with van der Waals surface area (Å²) in [6.45, 7) is 1.69. The van der Waals surface area contributed by atoms with Gasteiger partial charge >= 0.3 is 0 Å². The Bertz CT molecular complexity index is 652. The average Bonchev–Trinajstić information content (AvgIpc) is 2.55. The predicted molar refractivity (Wildman–Crippen MR) is 91.6 cm³/mol. The van der Waals surface area contributed by atoms with Crippen molar-refractivity contribution in [3.05, 3.63) is 70.3 Å². The zero-order valence-corrected chi connectivity index (χ0v) is 13.4. The highest BCUT2D eigenvalue weighted by Crippen LogP contribution is 2.19. The van der Waals surface area contributed by atoms with Crippen LogP contribution in [0.25, 0.3) is 0 Å². The normalized spacial score (nSPS) is 15.3. The van der Waals surface area contributed by atoms with Gasteiger partial charge in [0.1, 0.15) is 0 Å². The molecule has 0 radical (unpaired) electrons. The minimum Gasteiger partial charge on any atom is -0.295 e. The van der Waals surface area contributed by atoms with Crippen LogP contribution in [0.15, 0.2) is 42.5 Å². The first-order valence-electron chi connectivity index (χ1n) is 8.43. The first kappa shape index (κ1) is 15.0. The summed E-state index contributed by atoms with van der Waals surface area (Å²) in [6.07, 6.45) is 7.76. The molecule has 0 spiro atoms. The smallest absolute Gasteiger partial charge is 0.160 e. The molecule has 22 heavy (non-hydrogen) atoms. The zero-order chi connectivity index (χ0) is 15.4. The third-order valence-corrected chi connectivity index (χ3v) is 4.67. The first-order valence-corrected chi connectivity index (χ1v) is 8.43. The number of carbonyl (C=O) groups is 1. The van der Waals surface area contributed by atoms with Crippen molar-refractivity contribution in [3.8, 4) is 0 Å². The van der Waals surface area contributed by atoms with Crippen molar-refractivity contribution in [2.24, 2.45) is 0 Å². The molecule has 0 amide bonds. The van der Waals surface area contributed by atoms with Crippen LogP contribution in [-0.2, 0) is 25.7 Å². The van der Waals surface area contributed by atoms with Crippen LogP contribution in [0.5, 0.6) is 0 Å². The summed E-state index contributed by atoms with van der Waals surface area (Å²) in [5.74, 6) is 0.199. The molecule has 114 valence electrons. The van der Waals surface area contributed by atoms with Crippen LogP contribution in [0.3, 0.4) is 0 Å². The van der Waals surface area contributed by atoms with Gasteiger partial charge in [0.05, 0.1) is 0 Å². The molecule has 4 aliphatic rings. The molecule has 2 aromatic rings. The summed E-state index contributed by atoms with van der Waals surface area (Å²) in [6, 6.07) is 15.6. The fraction of sp³-hybridized carbons (Fsp3) is 0.381. The largest absolute Gasteiger partial charge is 0.295 e. The average molecular weight is 292 g/mol. The maximum Gasteiger partial charge on any atom is 0.160 e. The van der Waals surface area contributed by atoms with E-state index in [9.17, 15) is 4.79 Å². The molecule has 0 aliphatic heterocycles. The first-order chi connectivity index (χ1) is 10.7. The number of hydrogen-bond donors (Lipinski definition) is 0. The molecule has 6 rings (SSSR count). The van der Waals surface area contributed by atoms with Crippen molar-refractivity contribution in [3.63, 3.8) is 0 Å². The summed E-state index contributed by atoms with van der Waals surface area (Å²) >= 11 is 0. The van der Waals surface area contributed by atoms with Crippen molar-refractivity contribution in [1.29, 1.82) is 0 Å². The lowest BCUT2D eigenvalue weighted by Crippen LogP contribution is -2.02. The molecule has 1 heteroatoms. The van der Waals surface area contributed by atoms with E-state index in [0.717, 1.165) is 37.7 Å². The van der Waals surface area contributed by atoms with Crippen molar-refractivity contribution in [1.82, 2.24) is 0 Å². The van der Waals surface area contributed by atoms with E-state index in [1.807, 2.05) is 0 Å². The van der Waals surface area contributed by atoms with Crippen LogP contribution in [0.4, 0.5) is 0 Å². The van der Waals surface area contributed by atoms with Gasteiger partial charge in [-0.25, -0.2) is 0 Å². The molecule has 0 heterocycles. The van der Waals surface area contributed by atoms with Gasteiger partial charge in [-0.1, -0.05) is 36.4 Å². The molecule has 0 fully saturated rings. The van der Waals surface area contributed by atoms with Gasteiger partial charge in [-0.3, -0.25) is 4.79 Å². The van der Waals surface area contributed by atoms with E-state index in [2.05, 4.69) is 42.5 Å². The predicted octanol–water partition coefficient (Wildman–Crippen LogP) is 4.94. The molecular weight excluding hydrogens is 268 g/mol. The molecule has 4 bridgehead atoms. The van der Waals surface area contributed by atoms with E-state index < -0.39 is 0 Å². The van der Waals surface area contributed by atoms with Crippen LogP contribution in [0.2, 0.25) is 0 Å². The van der Waals surface area contributed by atoms with Crippen LogP contribution in [0, 0.1) is 0 Å². The summed E-state index contributed by atoms with van der Waals surface area (Å²) in [7, 11) is 0. The number of ketones is 1. The minimum absolute atomic E-state index is 0.199. The van der Waals surface area contributed by atoms with Crippen LogP contribution in [0.1, 0.15) is 58.8 Å². The van der Waals surface area contributed by atoms with E-state index in [4.69, 9.17) is 0 Å². The fourth-order valence-corrected chi connectivity index (χ4v) is 3.34. The summed E-state index contributed by atoms with van der Waals surface area (Å²) < 4.78 is 0. The summed E-state index contributed by atoms with van der Waals surface area (Å²) in [5, 5.41) is 0. The van der Waals surface area contributed by atoms with Crippen LogP contribution < -0.4 is 0 Å². The maximum absolute atomic E-state index is 11.9. The SMILES string of the molecule is CC(=O)c1cc2ccc1CCCc1ccc(cc1)CCCC2. The Morgan fingerprint density at radius 3 is 1.91 bits per heavy atom. The Kier molecular flexibility index (Phi) is 4.72. The lowest BCUT2D eigenvalue weighted by atomic mass is 9.95. The zero-order valence-electron chi connectivity index (χ0n) is 13.4. The van der Waals surface area contributed by atoms with E-state index in [1.165, 1.54) is 35.1 Å². The molecule has 4 aliphatic carbocycles. The Hall–Kier alpha value is -1.89. The standard InChI is InChI=1S/C21H24O/c1-16(22)21-15-19-6-3-2-5-17-9-11-18(12-10-17)7-4-8-20(21)14-13-19/h9-15H,2-8H2,1H3. The second kappa shape index (κ2) is 6.91. The quantitative estimate of drug-likeness (QED) is 0.680. The lowest BCUT2D eigenvalue weighted by Gasteiger charge is -2.10. The number of hydrogen-bond acceptors (Lipinski definition) is 1. The molecule has 1 nitrogen and oxygen atoms in total. The number of benzene rings is 2. The highest BCUT2D eigenvalue weighted by Gasteiger charge is 2.09. The van der Waals surface area contributed by atoms with Gasteiger partial charge in [0, 0.05) is 5.56 Å². The molecule has 0 unspecified atom stereocenters. The van der Waals surface area contributed by atoms with Crippen LogP contribution in [-0.4, -0.2) is 5.78 Å². The number of aryl methyl sites for hydroxylation is 4. The number of rotatable bonds is 1. The van der Waals surface area contributed by atoms with Gasteiger partial charge in [-0.15, -0.1) is 0 Å². The topological polar surface area (TPSA) is 17.1 Å². The van der Waals surface area contributed by atoms with Gasteiger partial charge in [0.2, 0.25) is 0 Å². The Balaban J connectivity index is 1.86. The van der Waals surface area contributed by atoms with Gasteiger partial charge < -0.3 is 0 Å². The molecule has 0 aromatic heterocycles. The summed E-state index contributed by atoms with van der Waals surface area (Å²) in [4.78, 5) is 11.9. The van der Waals surface area contributed by atoms with Gasteiger partial charge in [-0.2, -0.15) is 0 Å². The van der Waals surface area contributed by atoms with Gasteiger partial charge in [-0.05, 0) is 80.2 Å². The molecule has 0 saturated carbocycles. The van der Waals surface area contributed by atoms with Crippen molar-refractivity contribution < 1.29 is 4.79 Å². The van der Waals surface area contributed by atoms with Crippen molar-refractivity contribution in [2.75, 3.05) is 0 Å². The van der Waals surface area contributed by atoms with E-state index in [1.54, 1.807) is 6.92 Å². The third-order valence-electron chi connectivity index (χ3n) is 4.67. The number of Topliss-reactive ketones (excluding diaryl/α,β-unsaturated/α-hetero) is 1. The van der Waals surface area contributed by atoms with Crippen molar-refractivity contribution >= 4 is 5.78 Å².